The number of ether oxygens (including phenoxy) is 2. The summed E-state index contributed by atoms with van der Waals surface area (Å²) in [6, 6.07) is 8.90. The van der Waals surface area contributed by atoms with Gasteiger partial charge in [-0.1, -0.05) is 31.9 Å². The third-order valence-corrected chi connectivity index (χ3v) is 3.88. The van der Waals surface area contributed by atoms with Gasteiger partial charge in [-0.25, -0.2) is 0 Å². The Morgan fingerprint density at radius 1 is 1.25 bits per heavy atom. The first-order valence-corrected chi connectivity index (χ1v) is 7.86. The summed E-state index contributed by atoms with van der Waals surface area (Å²) in [6.07, 6.45) is 5.05. The summed E-state index contributed by atoms with van der Waals surface area (Å²) in [5, 5.41) is 3.56. The molecular weight excluding hydrogens is 250 g/mol. The third-order valence-electron chi connectivity index (χ3n) is 3.88. The van der Waals surface area contributed by atoms with Crippen LogP contribution < -0.4 is 10.1 Å². The minimum absolute atomic E-state index is 0.330. The molecule has 2 rings (SSSR count). The van der Waals surface area contributed by atoms with Gasteiger partial charge < -0.3 is 14.8 Å². The Kier molecular flexibility index (Phi) is 6.34. The van der Waals surface area contributed by atoms with Crippen LogP contribution in [0, 0.1) is 0 Å². The zero-order valence-electron chi connectivity index (χ0n) is 12.7. The lowest BCUT2D eigenvalue weighted by molar-refractivity contribution is 0.113. The molecule has 1 aliphatic rings. The Labute approximate surface area is 122 Å². The number of rotatable bonds is 8. The second kappa shape index (κ2) is 8.28. The first-order valence-electron chi connectivity index (χ1n) is 7.86. The number of hydrogen-bond donors (Lipinski definition) is 1. The Hall–Kier alpha value is -1.06. The van der Waals surface area contributed by atoms with E-state index < -0.39 is 0 Å². The van der Waals surface area contributed by atoms with Gasteiger partial charge in [0.25, 0.3) is 0 Å². The largest absolute Gasteiger partial charge is 0.494 e. The average Bonchev–Trinajstić information content (AvgIpc) is 2.88. The predicted octanol–water partition coefficient (Wildman–Crippen LogP) is 3.52. The Bertz CT molecular complexity index is 377. The normalized spacial score (nSPS) is 22.1. The summed E-state index contributed by atoms with van der Waals surface area (Å²) in [5.41, 5.74) is 1.30. The maximum Gasteiger partial charge on any atom is 0.119 e. The van der Waals surface area contributed by atoms with Crippen molar-refractivity contribution in [1.29, 1.82) is 0 Å². The van der Waals surface area contributed by atoms with Crippen molar-refractivity contribution >= 4 is 0 Å². The van der Waals surface area contributed by atoms with Gasteiger partial charge in [0.15, 0.2) is 0 Å². The molecule has 2 atom stereocenters. The Morgan fingerprint density at radius 3 is 2.70 bits per heavy atom. The minimum atomic E-state index is 0.330. The van der Waals surface area contributed by atoms with Crippen LogP contribution >= 0.6 is 0 Å². The molecule has 0 aliphatic carbocycles. The quantitative estimate of drug-likeness (QED) is 0.737. The first-order chi connectivity index (χ1) is 9.79. The van der Waals surface area contributed by atoms with Gasteiger partial charge in [0, 0.05) is 19.2 Å². The summed E-state index contributed by atoms with van der Waals surface area (Å²) in [4.78, 5) is 0. The van der Waals surface area contributed by atoms with Crippen LogP contribution in [0.15, 0.2) is 24.3 Å². The molecule has 20 heavy (non-hydrogen) atoms. The number of hydrogen-bond acceptors (Lipinski definition) is 3. The maximum atomic E-state index is 5.72. The molecule has 3 heteroatoms. The van der Waals surface area contributed by atoms with Crippen molar-refractivity contribution in [2.24, 2.45) is 0 Å². The molecule has 1 heterocycles. The van der Waals surface area contributed by atoms with E-state index in [-0.39, 0.29) is 0 Å². The van der Waals surface area contributed by atoms with Crippen molar-refractivity contribution < 1.29 is 9.47 Å². The minimum Gasteiger partial charge on any atom is -0.494 e. The smallest absolute Gasteiger partial charge is 0.119 e. The molecule has 0 spiro atoms. The summed E-state index contributed by atoms with van der Waals surface area (Å²) in [5.74, 6) is 0.974. The van der Waals surface area contributed by atoms with Gasteiger partial charge in [-0.15, -0.1) is 0 Å². The molecule has 0 aromatic heterocycles. The lowest BCUT2D eigenvalue weighted by Gasteiger charge is -2.16. The molecular formula is C17H27NO2. The number of unbranched alkanes of at least 4 members (excludes halogenated alkanes) is 2. The van der Waals surface area contributed by atoms with Gasteiger partial charge in [0.05, 0.1) is 12.7 Å². The molecule has 112 valence electrons. The van der Waals surface area contributed by atoms with Gasteiger partial charge in [-0.3, -0.25) is 0 Å². The molecule has 0 bridgehead atoms. The molecule has 1 saturated heterocycles. The van der Waals surface area contributed by atoms with E-state index in [9.17, 15) is 0 Å². The van der Waals surface area contributed by atoms with Crippen LogP contribution in [0.3, 0.4) is 0 Å². The average molecular weight is 277 g/mol. The summed E-state index contributed by atoms with van der Waals surface area (Å²) in [7, 11) is 0. The van der Waals surface area contributed by atoms with E-state index in [0.29, 0.717) is 12.1 Å². The van der Waals surface area contributed by atoms with Crippen LogP contribution in [0.4, 0.5) is 0 Å². The molecule has 1 aliphatic heterocycles. The second-order valence-electron chi connectivity index (χ2n) is 5.55. The lowest BCUT2D eigenvalue weighted by atomic mass is 10.1. The molecule has 3 nitrogen and oxygen atoms in total. The van der Waals surface area contributed by atoms with Crippen molar-refractivity contribution in [3.05, 3.63) is 29.8 Å². The summed E-state index contributed by atoms with van der Waals surface area (Å²) in [6.45, 7) is 6.94. The Balaban J connectivity index is 1.71. The standard InChI is InChI=1S/C17H27NO2/c1-3-4-5-11-20-16-8-6-15(7-9-16)13-18-17-10-12-19-14(17)2/h6-9,14,17-18H,3-5,10-13H2,1-2H3. The predicted molar refractivity (Wildman–Crippen MR) is 82.1 cm³/mol. The molecule has 0 saturated carbocycles. The SMILES string of the molecule is CCCCCOc1ccc(CNC2CCOC2C)cc1. The van der Waals surface area contributed by atoms with E-state index in [1.807, 2.05) is 0 Å². The molecule has 1 aromatic rings. The van der Waals surface area contributed by atoms with Crippen LogP contribution in [0.2, 0.25) is 0 Å². The highest BCUT2D eigenvalue weighted by molar-refractivity contribution is 5.27. The zero-order valence-corrected chi connectivity index (χ0v) is 12.7. The maximum absolute atomic E-state index is 5.72. The van der Waals surface area contributed by atoms with Crippen LogP contribution in [0.5, 0.6) is 5.75 Å². The monoisotopic (exact) mass is 277 g/mol. The van der Waals surface area contributed by atoms with Crippen LogP contribution in [-0.4, -0.2) is 25.4 Å². The topological polar surface area (TPSA) is 30.5 Å². The van der Waals surface area contributed by atoms with Crippen molar-refractivity contribution in [2.75, 3.05) is 13.2 Å². The highest BCUT2D eigenvalue weighted by atomic mass is 16.5. The molecule has 0 radical (unpaired) electrons. The van der Waals surface area contributed by atoms with Gasteiger partial charge in [0.2, 0.25) is 0 Å². The number of benzene rings is 1. The van der Waals surface area contributed by atoms with E-state index in [1.165, 1.54) is 18.4 Å². The highest BCUT2D eigenvalue weighted by Crippen LogP contribution is 2.15. The third kappa shape index (κ3) is 4.80. The van der Waals surface area contributed by atoms with Crippen molar-refractivity contribution in [3.8, 4) is 5.75 Å². The fraction of sp³-hybridized carbons (Fsp3) is 0.647. The van der Waals surface area contributed by atoms with Gasteiger partial charge in [-0.2, -0.15) is 0 Å². The first kappa shape index (κ1) is 15.3. The van der Waals surface area contributed by atoms with Crippen molar-refractivity contribution in [2.45, 2.75) is 58.2 Å². The molecule has 1 N–H and O–H groups in total. The van der Waals surface area contributed by atoms with E-state index in [0.717, 1.165) is 38.3 Å². The van der Waals surface area contributed by atoms with E-state index in [4.69, 9.17) is 9.47 Å². The van der Waals surface area contributed by atoms with E-state index in [2.05, 4.69) is 43.4 Å². The van der Waals surface area contributed by atoms with Crippen LogP contribution in [-0.2, 0) is 11.3 Å². The second-order valence-corrected chi connectivity index (χ2v) is 5.55. The highest BCUT2D eigenvalue weighted by Gasteiger charge is 2.23. The summed E-state index contributed by atoms with van der Waals surface area (Å²) < 4.78 is 11.3. The fourth-order valence-corrected chi connectivity index (χ4v) is 2.49. The lowest BCUT2D eigenvalue weighted by Crippen LogP contribution is -2.34. The molecule has 1 aromatic carbocycles. The molecule has 0 amide bonds. The Morgan fingerprint density at radius 2 is 2.05 bits per heavy atom. The summed E-state index contributed by atoms with van der Waals surface area (Å²) >= 11 is 0. The van der Waals surface area contributed by atoms with Gasteiger partial charge >= 0.3 is 0 Å². The van der Waals surface area contributed by atoms with Crippen molar-refractivity contribution in [1.82, 2.24) is 5.32 Å². The van der Waals surface area contributed by atoms with E-state index >= 15 is 0 Å². The molecule has 2 unspecified atom stereocenters. The van der Waals surface area contributed by atoms with Gasteiger partial charge in [0.1, 0.15) is 5.75 Å². The zero-order chi connectivity index (χ0) is 14.2. The van der Waals surface area contributed by atoms with E-state index in [1.54, 1.807) is 0 Å². The number of nitrogens with one attached hydrogen (secondary N) is 1. The van der Waals surface area contributed by atoms with Crippen molar-refractivity contribution in [3.63, 3.8) is 0 Å². The molecule has 1 fully saturated rings. The van der Waals surface area contributed by atoms with Gasteiger partial charge in [-0.05, 0) is 37.5 Å². The fourth-order valence-electron chi connectivity index (χ4n) is 2.49. The van der Waals surface area contributed by atoms with Crippen LogP contribution in [0.1, 0.15) is 45.1 Å². The van der Waals surface area contributed by atoms with Crippen LogP contribution in [0.25, 0.3) is 0 Å².